The van der Waals surface area contributed by atoms with Gasteiger partial charge in [0, 0.05) is 0 Å². The molecule has 5 rings (SSSR count). The van der Waals surface area contributed by atoms with Gasteiger partial charge in [-0.15, -0.1) is 0 Å². The monoisotopic (exact) mass is 294 g/mol. The van der Waals surface area contributed by atoms with Gasteiger partial charge < -0.3 is 5.11 Å². The molecule has 0 spiro atoms. The smallest absolute Gasteiger partial charge is 0.309 e. The van der Waals surface area contributed by atoms with E-state index >= 15 is 0 Å². The van der Waals surface area contributed by atoms with Crippen LogP contribution in [-0.4, -0.2) is 11.1 Å². The Morgan fingerprint density at radius 2 is 1.77 bits per heavy atom. The summed E-state index contributed by atoms with van der Waals surface area (Å²) in [5, 5.41) is 9.92. The van der Waals surface area contributed by atoms with E-state index in [1.165, 1.54) is 11.1 Å². The topological polar surface area (TPSA) is 37.3 Å². The van der Waals surface area contributed by atoms with E-state index in [4.69, 9.17) is 0 Å². The first kappa shape index (κ1) is 13.8. The molecular formula is C20H22O2. The van der Waals surface area contributed by atoms with Crippen molar-refractivity contribution in [1.29, 1.82) is 0 Å². The molecule has 4 fully saturated rings. The van der Waals surface area contributed by atoms with E-state index in [0.29, 0.717) is 11.8 Å². The van der Waals surface area contributed by atoms with Gasteiger partial charge in [-0.1, -0.05) is 54.6 Å². The zero-order valence-electron chi connectivity index (χ0n) is 12.8. The molecule has 1 aromatic rings. The molecule has 4 aliphatic rings. The first-order valence-electron chi connectivity index (χ1n) is 8.20. The molecule has 0 amide bonds. The quantitative estimate of drug-likeness (QED) is 0.901. The second-order valence-electron chi connectivity index (χ2n) is 7.52. The number of hydrogen-bond acceptors (Lipinski definition) is 1. The van der Waals surface area contributed by atoms with Gasteiger partial charge in [-0.3, -0.25) is 4.79 Å². The maximum absolute atomic E-state index is 12.1. The number of carbonyl (C=O) groups is 1. The van der Waals surface area contributed by atoms with Crippen LogP contribution in [0.4, 0.5) is 0 Å². The fraction of sp³-hybridized carbons (Fsp3) is 0.450. The Labute approximate surface area is 131 Å². The molecule has 2 heteroatoms. The van der Waals surface area contributed by atoms with E-state index in [0.717, 1.165) is 32.1 Å². The molecular weight excluding hydrogens is 272 g/mol. The third-order valence-corrected chi connectivity index (χ3v) is 6.32. The lowest BCUT2D eigenvalue weighted by Crippen LogP contribution is -2.57. The lowest BCUT2D eigenvalue weighted by Gasteiger charge is -2.61. The Morgan fingerprint density at radius 3 is 2.32 bits per heavy atom. The summed E-state index contributed by atoms with van der Waals surface area (Å²) in [6, 6.07) is 10.6. The van der Waals surface area contributed by atoms with Crippen LogP contribution in [-0.2, 0) is 10.2 Å². The van der Waals surface area contributed by atoms with Crippen molar-refractivity contribution in [2.45, 2.75) is 37.5 Å². The summed E-state index contributed by atoms with van der Waals surface area (Å²) in [4.78, 5) is 12.1. The van der Waals surface area contributed by atoms with Crippen molar-refractivity contribution in [3.05, 3.63) is 60.2 Å². The molecule has 114 valence electrons. The summed E-state index contributed by atoms with van der Waals surface area (Å²) >= 11 is 0. The van der Waals surface area contributed by atoms with Gasteiger partial charge in [-0.05, 0) is 54.9 Å². The van der Waals surface area contributed by atoms with E-state index in [1.54, 1.807) is 0 Å². The molecule has 0 heterocycles. The van der Waals surface area contributed by atoms with Crippen molar-refractivity contribution in [2.75, 3.05) is 0 Å². The molecule has 0 saturated heterocycles. The van der Waals surface area contributed by atoms with Gasteiger partial charge in [0.15, 0.2) is 0 Å². The van der Waals surface area contributed by atoms with Gasteiger partial charge in [0.05, 0.1) is 5.41 Å². The molecule has 2 atom stereocenters. The van der Waals surface area contributed by atoms with Crippen LogP contribution in [0.3, 0.4) is 0 Å². The Kier molecular flexibility index (Phi) is 2.87. The van der Waals surface area contributed by atoms with Gasteiger partial charge in [0.2, 0.25) is 0 Å². The molecule has 0 aromatic heterocycles. The molecule has 0 aliphatic heterocycles. The van der Waals surface area contributed by atoms with E-state index < -0.39 is 11.4 Å². The average Bonchev–Trinajstić information content (AvgIpc) is 2.51. The maximum Gasteiger partial charge on any atom is 0.309 e. The summed E-state index contributed by atoms with van der Waals surface area (Å²) < 4.78 is 0. The predicted octanol–water partition coefficient (Wildman–Crippen LogP) is 4.33. The minimum Gasteiger partial charge on any atom is -0.481 e. The normalized spacial score (nSPS) is 38.8. The van der Waals surface area contributed by atoms with Crippen molar-refractivity contribution in [3.8, 4) is 0 Å². The number of carboxylic acids is 1. The second kappa shape index (κ2) is 4.58. The third-order valence-electron chi connectivity index (χ3n) is 6.32. The van der Waals surface area contributed by atoms with E-state index in [2.05, 4.69) is 36.9 Å². The number of allylic oxidation sites excluding steroid dienone is 3. The van der Waals surface area contributed by atoms with Gasteiger partial charge >= 0.3 is 5.97 Å². The highest BCUT2D eigenvalue weighted by molar-refractivity contribution is 5.76. The van der Waals surface area contributed by atoms with Crippen LogP contribution in [0.2, 0.25) is 0 Å². The summed E-state index contributed by atoms with van der Waals surface area (Å²) in [5.74, 6) is 0.242. The highest BCUT2D eigenvalue weighted by Gasteiger charge is 2.62. The Balaban J connectivity index is 1.83. The van der Waals surface area contributed by atoms with Crippen molar-refractivity contribution in [3.63, 3.8) is 0 Å². The molecule has 4 saturated carbocycles. The molecule has 22 heavy (non-hydrogen) atoms. The van der Waals surface area contributed by atoms with Gasteiger partial charge in [0.1, 0.15) is 0 Å². The molecule has 4 aliphatic carbocycles. The zero-order valence-corrected chi connectivity index (χ0v) is 12.8. The van der Waals surface area contributed by atoms with Crippen LogP contribution in [0.25, 0.3) is 0 Å². The van der Waals surface area contributed by atoms with Gasteiger partial charge in [-0.25, -0.2) is 0 Å². The van der Waals surface area contributed by atoms with E-state index in [-0.39, 0.29) is 5.41 Å². The van der Waals surface area contributed by atoms with Gasteiger partial charge in [-0.2, -0.15) is 0 Å². The first-order chi connectivity index (χ1) is 10.6. The largest absolute Gasteiger partial charge is 0.481 e. The fourth-order valence-electron chi connectivity index (χ4n) is 5.73. The maximum atomic E-state index is 12.1. The van der Waals surface area contributed by atoms with Crippen LogP contribution >= 0.6 is 0 Å². The van der Waals surface area contributed by atoms with Crippen LogP contribution in [0.15, 0.2) is 54.6 Å². The Bertz CT molecular complexity index is 638. The van der Waals surface area contributed by atoms with Crippen molar-refractivity contribution in [1.82, 2.24) is 0 Å². The highest BCUT2D eigenvalue weighted by atomic mass is 16.4. The van der Waals surface area contributed by atoms with E-state index in [9.17, 15) is 9.90 Å². The third kappa shape index (κ3) is 1.76. The number of carboxylic acid groups (broad SMARTS) is 1. The Hall–Kier alpha value is -1.83. The number of benzene rings is 1. The van der Waals surface area contributed by atoms with Crippen molar-refractivity contribution < 1.29 is 9.90 Å². The summed E-state index contributed by atoms with van der Waals surface area (Å²) in [6.07, 6.45) is 8.67. The summed E-state index contributed by atoms with van der Waals surface area (Å²) in [6.45, 7) is 3.85. The zero-order chi connectivity index (χ0) is 15.4. The SMILES string of the molecule is C=CC=C1C2CC3(C(=O)O)CC1CC(c1ccccc1)(C2)C3. The number of hydrogen-bond donors (Lipinski definition) is 1. The van der Waals surface area contributed by atoms with E-state index in [1.807, 2.05) is 12.1 Å². The standard InChI is InChI=1S/C20H22O2/c1-2-6-17-14-9-19(16-7-4-3-5-8-16)10-15(17)12-20(11-14,13-19)18(21)22/h2-8,14-15H,1,9-13H2,(H,21,22). The molecule has 4 bridgehead atoms. The molecule has 1 aromatic carbocycles. The molecule has 2 nitrogen and oxygen atoms in total. The molecule has 1 N–H and O–H groups in total. The minimum absolute atomic E-state index is 0.0595. The highest BCUT2D eigenvalue weighted by Crippen LogP contribution is 2.67. The molecule has 0 radical (unpaired) electrons. The lowest BCUT2D eigenvalue weighted by molar-refractivity contribution is -0.162. The summed E-state index contributed by atoms with van der Waals surface area (Å²) in [5.41, 5.74) is 2.34. The lowest BCUT2D eigenvalue weighted by atomic mass is 9.41. The van der Waals surface area contributed by atoms with Crippen LogP contribution in [0, 0.1) is 17.3 Å². The second-order valence-corrected chi connectivity index (χ2v) is 7.52. The van der Waals surface area contributed by atoms with Gasteiger partial charge in [0.25, 0.3) is 0 Å². The predicted molar refractivity (Wildman–Crippen MR) is 86.5 cm³/mol. The van der Waals surface area contributed by atoms with Crippen LogP contribution < -0.4 is 0 Å². The number of rotatable bonds is 3. The Morgan fingerprint density at radius 1 is 1.14 bits per heavy atom. The van der Waals surface area contributed by atoms with Crippen molar-refractivity contribution >= 4 is 5.97 Å². The minimum atomic E-state index is -0.583. The fourth-order valence-corrected chi connectivity index (χ4v) is 5.73. The number of aliphatic carboxylic acids is 1. The first-order valence-corrected chi connectivity index (χ1v) is 8.20. The average molecular weight is 294 g/mol. The molecule has 2 unspecified atom stereocenters. The van der Waals surface area contributed by atoms with Crippen LogP contribution in [0.5, 0.6) is 0 Å². The summed E-state index contributed by atoms with van der Waals surface area (Å²) in [7, 11) is 0. The van der Waals surface area contributed by atoms with Crippen LogP contribution in [0.1, 0.15) is 37.7 Å². The van der Waals surface area contributed by atoms with Crippen molar-refractivity contribution in [2.24, 2.45) is 17.3 Å².